The molecule has 1 aromatic carbocycles. The number of β-amino-alcohol motifs (C(OH)–C–C–N with tert-alkyl or cyclic N) is 1. The maximum Gasteiger partial charge on any atom is 0.161 e. The lowest BCUT2D eigenvalue weighted by Gasteiger charge is -2.18. The fraction of sp³-hybridized carbons (Fsp3) is 0.500. The Kier molecular flexibility index (Phi) is 3.31. The summed E-state index contributed by atoms with van der Waals surface area (Å²) in [5.74, 6) is 1.39. The standard InChI is InChI=1S/C12H17NO3/c1-8-3-4-10(11(5-8)15-2)16-12-7-13-6-9(12)14/h3-5,9,12-14H,6-7H2,1-2H3. The third-order valence-corrected chi connectivity index (χ3v) is 2.73. The van der Waals surface area contributed by atoms with Crippen LogP contribution in [0.5, 0.6) is 11.5 Å². The van der Waals surface area contributed by atoms with Gasteiger partial charge in [0.2, 0.25) is 0 Å². The van der Waals surface area contributed by atoms with Crippen LogP contribution in [0.25, 0.3) is 0 Å². The second kappa shape index (κ2) is 4.72. The van der Waals surface area contributed by atoms with Crippen LogP contribution in [0.1, 0.15) is 5.56 Å². The highest BCUT2D eigenvalue weighted by molar-refractivity contribution is 5.42. The van der Waals surface area contributed by atoms with Crippen molar-refractivity contribution in [3.05, 3.63) is 23.8 Å². The van der Waals surface area contributed by atoms with Crippen molar-refractivity contribution in [3.8, 4) is 11.5 Å². The molecule has 1 aliphatic rings. The minimum Gasteiger partial charge on any atom is -0.493 e. The van der Waals surface area contributed by atoms with Gasteiger partial charge in [0.15, 0.2) is 11.5 Å². The lowest BCUT2D eigenvalue weighted by molar-refractivity contribution is 0.0718. The van der Waals surface area contributed by atoms with Gasteiger partial charge in [-0.15, -0.1) is 0 Å². The molecule has 1 aliphatic heterocycles. The minimum absolute atomic E-state index is 0.198. The number of methoxy groups -OCH3 is 1. The van der Waals surface area contributed by atoms with Gasteiger partial charge < -0.3 is 19.9 Å². The van der Waals surface area contributed by atoms with Gasteiger partial charge in [0.1, 0.15) is 12.2 Å². The molecule has 16 heavy (non-hydrogen) atoms. The average molecular weight is 223 g/mol. The number of benzene rings is 1. The zero-order chi connectivity index (χ0) is 11.5. The molecule has 2 atom stereocenters. The summed E-state index contributed by atoms with van der Waals surface area (Å²) in [4.78, 5) is 0. The van der Waals surface area contributed by atoms with Gasteiger partial charge >= 0.3 is 0 Å². The molecule has 2 rings (SSSR count). The summed E-state index contributed by atoms with van der Waals surface area (Å²) in [6.45, 7) is 3.25. The Morgan fingerprint density at radius 3 is 2.75 bits per heavy atom. The van der Waals surface area contributed by atoms with Crippen LogP contribution < -0.4 is 14.8 Å². The van der Waals surface area contributed by atoms with Crippen molar-refractivity contribution >= 4 is 0 Å². The van der Waals surface area contributed by atoms with Gasteiger partial charge in [-0.1, -0.05) is 6.07 Å². The van der Waals surface area contributed by atoms with Crippen LogP contribution in [-0.2, 0) is 0 Å². The molecule has 0 spiro atoms. The second-order valence-electron chi connectivity index (χ2n) is 4.04. The first-order chi connectivity index (χ1) is 7.70. The van der Waals surface area contributed by atoms with E-state index in [-0.39, 0.29) is 6.10 Å². The minimum atomic E-state index is -0.453. The molecular formula is C12H17NO3. The van der Waals surface area contributed by atoms with E-state index in [1.54, 1.807) is 7.11 Å². The summed E-state index contributed by atoms with van der Waals surface area (Å²) >= 11 is 0. The Morgan fingerprint density at radius 2 is 2.12 bits per heavy atom. The topological polar surface area (TPSA) is 50.7 Å². The molecule has 1 heterocycles. The van der Waals surface area contributed by atoms with E-state index in [0.717, 1.165) is 5.56 Å². The van der Waals surface area contributed by atoms with E-state index in [4.69, 9.17) is 9.47 Å². The molecule has 0 radical (unpaired) electrons. The number of hydrogen-bond acceptors (Lipinski definition) is 4. The normalized spacial score (nSPS) is 24.4. The molecule has 0 aromatic heterocycles. The van der Waals surface area contributed by atoms with Crippen LogP contribution in [0.3, 0.4) is 0 Å². The van der Waals surface area contributed by atoms with Crippen molar-refractivity contribution in [1.29, 1.82) is 0 Å². The largest absolute Gasteiger partial charge is 0.493 e. The van der Waals surface area contributed by atoms with Crippen LogP contribution in [0.15, 0.2) is 18.2 Å². The summed E-state index contributed by atoms with van der Waals surface area (Å²) in [5.41, 5.74) is 1.12. The Bertz CT molecular complexity index is 367. The Hall–Kier alpha value is -1.26. The van der Waals surface area contributed by atoms with E-state index in [2.05, 4.69) is 5.32 Å². The monoisotopic (exact) mass is 223 g/mol. The lowest BCUT2D eigenvalue weighted by Crippen LogP contribution is -2.29. The number of aliphatic hydroxyl groups excluding tert-OH is 1. The predicted octanol–water partition coefficient (Wildman–Crippen LogP) is 0.715. The first-order valence-electron chi connectivity index (χ1n) is 5.41. The van der Waals surface area contributed by atoms with E-state index in [1.807, 2.05) is 25.1 Å². The van der Waals surface area contributed by atoms with E-state index >= 15 is 0 Å². The van der Waals surface area contributed by atoms with Crippen molar-refractivity contribution in [2.45, 2.75) is 19.1 Å². The molecule has 88 valence electrons. The van der Waals surface area contributed by atoms with Crippen molar-refractivity contribution < 1.29 is 14.6 Å². The summed E-state index contributed by atoms with van der Waals surface area (Å²) in [5, 5.41) is 12.7. The van der Waals surface area contributed by atoms with Crippen molar-refractivity contribution in [3.63, 3.8) is 0 Å². The fourth-order valence-corrected chi connectivity index (χ4v) is 1.80. The number of aliphatic hydroxyl groups is 1. The first kappa shape index (κ1) is 11.2. The molecule has 1 aromatic rings. The molecular weight excluding hydrogens is 206 g/mol. The highest BCUT2D eigenvalue weighted by Gasteiger charge is 2.27. The Morgan fingerprint density at radius 1 is 1.31 bits per heavy atom. The van der Waals surface area contributed by atoms with E-state index in [0.29, 0.717) is 24.6 Å². The summed E-state index contributed by atoms with van der Waals surface area (Å²) in [6, 6.07) is 5.76. The number of rotatable bonds is 3. The van der Waals surface area contributed by atoms with Crippen molar-refractivity contribution in [1.82, 2.24) is 5.32 Å². The van der Waals surface area contributed by atoms with Gasteiger partial charge in [-0.3, -0.25) is 0 Å². The quantitative estimate of drug-likeness (QED) is 0.792. The summed E-state index contributed by atoms with van der Waals surface area (Å²) in [7, 11) is 1.62. The third-order valence-electron chi connectivity index (χ3n) is 2.73. The van der Waals surface area contributed by atoms with Gasteiger partial charge in [0.05, 0.1) is 7.11 Å². The molecule has 0 bridgehead atoms. The summed E-state index contributed by atoms with van der Waals surface area (Å²) in [6.07, 6.45) is -0.650. The van der Waals surface area contributed by atoms with Crippen LogP contribution in [0, 0.1) is 6.92 Å². The highest BCUT2D eigenvalue weighted by atomic mass is 16.5. The molecule has 0 saturated carbocycles. The maximum absolute atomic E-state index is 9.64. The van der Waals surface area contributed by atoms with Crippen molar-refractivity contribution in [2.75, 3.05) is 20.2 Å². The molecule has 4 nitrogen and oxygen atoms in total. The molecule has 4 heteroatoms. The molecule has 2 N–H and O–H groups in total. The van der Waals surface area contributed by atoms with Gasteiger partial charge in [0.25, 0.3) is 0 Å². The lowest BCUT2D eigenvalue weighted by atomic mass is 10.2. The zero-order valence-electron chi connectivity index (χ0n) is 9.56. The van der Waals surface area contributed by atoms with E-state index < -0.39 is 6.10 Å². The smallest absolute Gasteiger partial charge is 0.161 e. The number of ether oxygens (including phenoxy) is 2. The molecule has 1 fully saturated rings. The Balaban J connectivity index is 2.14. The van der Waals surface area contributed by atoms with Crippen molar-refractivity contribution in [2.24, 2.45) is 0 Å². The molecule has 1 saturated heterocycles. The third kappa shape index (κ3) is 2.28. The second-order valence-corrected chi connectivity index (χ2v) is 4.04. The molecule has 0 amide bonds. The molecule has 0 aliphatic carbocycles. The van der Waals surface area contributed by atoms with Gasteiger partial charge in [-0.05, 0) is 24.6 Å². The van der Waals surface area contributed by atoms with Crippen LogP contribution >= 0.6 is 0 Å². The number of hydrogen-bond donors (Lipinski definition) is 2. The van der Waals surface area contributed by atoms with Gasteiger partial charge in [-0.2, -0.15) is 0 Å². The number of aryl methyl sites for hydroxylation is 1. The fourth-order valence-electron chi connectivity index (χ4n) is 1.80. The van der Waals surface area contributed by atoms with E-state index in [9.17, 15) is 5.11 Å². The SMILES string of the molecule is COc1cc(C)ccc1OC1CNCC1O. The maximum atomic E-state index is 9.64. The number of nitrogens with one attached hydrogen (secondary N) is 1. The van der Waals surface area contributed by atoms with Crippen LogP contribution in [-0.4, -0.2) is 37.5 Å². The van der Waals surface area contributed by atoms with Gasteiger partial charge in [0, 0.05) is 13.1 Å². The molecule has 2 unspecified atom stereocenters. The van der Waals surface area contributed by atoms with Crippen LogP contribution in [0.4, 0.5) is 0 Å². The van der Waals surface area contributed by atoms with Crippen LogP contribution in [0.2, 0.25) is 0 Å². The first-order valence-corrected chi connectivity index (χ1v) is 5.41. The Labute approximate surface area is 95.2 Å². The van der Waals surface area contributed by atoms with E-state index in [1.165, 1.54) is 0 Å². The zero-order valence-corrected chi connectivity index (χ0v) is 9.56. The summed E-state index contributed by atoms with van der Waals surface area (Å²) < 4.78 is 11.0. The van der Waals surface area contributed by atoms with Gasteiger partial charge in [-0.25, -0.2) is 0 Å². The average Bonchev–Trinajstić information content (AvgIpc) is 2.67. The highest BCUT2D eigenvalue weighted by Crippen LogP contribution is 2.29. The predicted molar refractivity (Wildman–Crippen MR) is 61.0 cm³/mol.